The van der Waals surface area contributed by atoms with Crippen molar-refractivity contribution in [1.29, 1.82) is 0 Å². The van der Waals surface area contributed by atoms with Gasteiger partial charge in [-0.05, 0) is 28.9 Å². The van der Waals surface area contributed by atoms with Gasteiger partial charge in [0.15, 0.2) is 0 Å². The van der Waals surface area contributed by atoms with Crippen molar-refractivity contribution in [3.05, 3.63) is 40.0 Å². The molecule has 0 spiro atoms. The van der Waals surface area contributed by atoms with Crippen LogP contribution in [0.3, 0.4) is 0 Å². The minimum Gasteiger partial charge on any atom is -0.207 e. The van der Waals surface area contributed by atoms with Crippen molar-refractivity contribution >= 4 is 37.3 Å². The van der Waals surface area contributed by atoms with Gasteiger partial charge in [0.25, 0.3) is 0 Å². The van der Waals surface area contributed by atoms with Crippen molar-refractivity contribution in [3.63, 3.8) is 0 Å². The van der Waals surface area contributed by atoms with Gasteiger partial charge >= 0.3 is 0 Å². The smallest absolute Gasteiger partial charge is 0.207 e. The van der Waals surface area contributed by atoms with Gasteiger partial charge in [0.2, 0.25) is 10.0 Å². The summed E-state index contributed by atoms with van der Waals surface area (Å²) < 4.78 is 26.9. The third-order valence-corrected chi connectivity index (χ3v) is 5.77. The van der Waals surface area contributed by atoms with Crippen molar-refractivity contribution in [3.8, 4) is 0 Å². The maximum Gasteiger partial charge on any atom is 0.244 e. The number of aryl methyl sites for hydroxylation is 1. The van der Waals surface area contributed by atoms with Gasteiger partial charge in [-0.25, -0.2) is 8.42 Å². The topological polar surface area (TPSA) is 37.4 Å². The first kappa shape index (κ1) is 14.6. The third-order valence-electron chi connectivity index (χ3n) is 2.13. The van der Waals surface area contributed by atoms with Crippen LogP contribution in [0.15, 0.2) is 40.1 Å². The first-order chi connectivity index (χ1) is 7.93. The van der Waals surface area contributed by atoms with Crippen LogP contribution < -0.4 is 0 Å². The number of sulfonamides is 1. The van der Waals surface area contributed by atoms with Crippen molar-refractivity contribution in [1.82, 2.24) is 4.31 Å². The molecule has 0 aliphatic heterocycles. The molecule has 6 heteroatoms. The summed E-state index contributed by atoms with van der Waals surface area (Å²) in [5.74, 6) is 0. The Kier molecular flexibility index (Phi) is 5.12. The lowest BCUT2D eigenvalue weighted by atomic mass is 10.5. The highest BCUT2D eigenvalue weighted by atomic mass is 79.9. The van der Waals surface area contributed by atoms with E-state index in [1.165, 1.54) is 15.6 Å². The molecule has 0 amide bonds. The molecular formula is C11H14BrNO2S2. The zero-order valence-electron chi connectivity index (χ0n) is 9.52. The van der Waals surface area contributed by atoms with Crippen molar-refractivity contribution < 1.29 is 8.42 Å². The molecule has 0 radical (unpaired) electrons. The second kappa shape index (κ2) is 5.95. The minimum atomic E-state index is -3.46. The summed E-state index contributed by atoms with van der Waals surface area (Å²) in [6, 6.07) is 1.63. The lowest BCUT2D eigenvalue weighted by Crippen LogP contribution is -2.31. The fourth-order valence-electron chi connectivity index (χ4n) is 1.38. The lowest BCUT2D eigenvalue weighted by molar-refractivity contribution is 0.474. The van der Waals surface area contributed by atoms with Gasteiger partial charge in [-0.1, -0.05) is 12.2 Å². The van der Waals surface area contributed by atoms with Gasteiger partial charge in [-0.2, -0.15) is 4.31 Å². The van der Waals surface area contributed by atoms with Crippen molar-refractivity contribution in [2.75, 3.05) is 13.1 Å². The Bertz CT molecular complexity index is 510. The molecule has 94 valence electrons. The highest BCUT2D eigenvalue weighted by molar-refractivity contribution is 9.11. The van der Waals surface area contributed by atoms with Gasteiger partial charge in [-0.15, -0.1) is 24.5 Å². The van der Waals surface area contributed by atoms with E-state index in [9.17, 15) is 8.42 Å². The van der Waals surface area contributed by atoms with Gasteiger partial charge < -0.3 is 0 Å². The molecule has 1 aromatic heterocycles. The molecule has 0 saturated carbocycles. The Morgan fingerprint density at radius 1 is 1.41 bits per heavy atom. The van der Waals surface area contributed by atoms with E-state index in [1.54, 1.807) is 25.1 Å². The molecule has 1 aromatic rings. The molecule has 17 heavy (non-hydrogen) atoms. The van der Waals surface area contributed by atoms with E-state index in [-0.39, 0.29) is 13.1 Å². The van der Waals surface area contributed by atoms with E-state index in [2.05, 4.69) is 29.1 Å². The van der Waals surface area contributed by atoms with Crippen LogP contribution in [0.25, 0.3) is 0 Å². The Hall–Kier alpha value is -0.430. The van der Waals surface area contributed by atoms with Gasteiger partial charge in [0.05, 0.1) is 8.68 Å². The zero-order valence-corrected chi connectivity index (χ0v) is 12.7. The average Bonchev–Trinajstić information content (AvgIpc) is 2.58. The van der Waals surface area contributed by atoms with Crippen LogP contribution in [0.2, 0.25) is 0 Å². The summed E-state index contributed by atoms with van der Waals surface area (Å²) in [4.78, 5) is 1.12. The predicted molar refractivity (Wildman–Crippen MR) is 75.9 cm³/mol. The standard InChI is InChI=1S/C11H14BrNO2S2/c1-4-6-13(7-5-2)17(14,15)10-8-11(12)16-9(10)3/h4-5,8H,1-2,6-7H2,3H3. The number of rotatable bonds is 6. The van der Waals surface area contributed by atoms with E-state index in [1.807, 2.05) is 0 Å². The fraction of sp³-hybridized carbons (Fsp3) is 0.273. The molecular weight excluding hydrogens is 322 g/mol. The molecule has 0 saturated heterocycles. The van der Waals surface area contributed by atoms with Crippen LogP contribution in [-0.4, -0.2) is 25.8 Å². The van der Waals surface area contributed by atoms with Crippen molar-refractivity contribution in [2.24, 2.45) is 0 Å². The minimum absolute atomic E-state index is 0.279. The maximum absolute atomic E-state index is 12.4. The molecule has 0 aliphatic rings. The third kappa shape index (κ3) is 3.28. The Morgan fingerprint density at radius 3 is 2.29 bits per heavy atom. The van der Waals surface area contributed by atoms with E-state index < -0.39 is 10.0 Å². The second-order valence-corrected chi connectivity index (χ2v) is 7.91. The molecule has 0 N–H and O–H groups in total. The molecule has 3 nitrogen and oxygen atoms in total. The number of thiophene rings is 1. The van der Waals surface area contributed by atoms with E-state index >= 15 is 0 Å². The van der Waals surface area contributed by atoms with Crippen LogP contribution in [0, 0.1) is 6.92 Å². The summed E-state index contributed by atoms with van der Waals surface area (Å²) in [7, 11) is -3.46. The normalized spacial score (nSPS) is 11.7. The number of hydrogen-bond donors (Lipinski definition) is 0. The average molecular weight is 336 g/mol. The molecule has 0 aliphatic carbocycles. The molecule has 0 atom stereocenters. The van der Waals surface area contributed by atoms with Crippen molar-refractivity contribution in [2.45, 2.75) is 11.8 Å². The summed E-state index contributed by atoms with van der Waals surface area (Å²) in [6.07, 6.45) is 3.13. The monoisotopic (exact) mass is 335 g/mol. The first-order valence-corrected chi connectivity index (χ1v) is 7.96. The summed E-state index contributed by atoms with van der Waals surface area (Å²) >= 11 is 4.71. The maximum atomic E-state index is 12.4. The first-order valence-electron chi connectivity index (χ1n) is 4.91. The Morgan fingerprint density at radius 2 is 1.94 bits per heavy atom. The largest absolute Gasteiger partial charge is 0.244 e. The van der Waals surface area contributed by atoms with Gasteiger partial charge in [-0.3, -0.25) is 0 Å². The van der Waals surface area contributed by atoms with Crippen LogP contribution in [0.5, 0.6) is 0 Å². The van der Waals surface area contributed by atoms with E-state index in [0.717, 1.165) is 8.66 Å². The predicted octanol–water partition coefficient (Wildman–Crippen LogP) is 3.18. The van der Waals surface area contributed by atoms with Crippen LogP contribution >= 0.6 is 27.3 Å². The quantitative estimate of drug-likeness (QED) is 0.748. The van der Waals surface area contributed by atoms with E-state index in [4.69, 9.17) is 0 Å². The number of halogens is 1. The second-order valence-electron chi connectivity index (χ2n) is 3.37. The molecule has 0 fully saturated rings. The zero-order chi connectivity index (χ0) is 13.1. The van der Waals surface area contributed by atoms with Gasteiger partial charge in [0.1, 0.15) is 0 Å². The van der Waals surface area contributed by atoms with E-state index in [0.29, 0.717) is 4.90 Å². The Balaban J connectivity index is 3.19. The summed E-state index contributed by atoms with van der Waals surface area (Å²) in [5.41, 5.74) is 0. The number of nitrogens with zero attached hydrogens (tertiary/aromatic N) is 1. The summed E-state index contributed by atoms with van der Waals surface area (Å²) in [6.45, 7) is 9.49. The van der Waals surface area contributed by atoms with Gasteiger partial charge in [0, 0.05) is 18.0 Å². The highest BCUT2D eigenvalue weighted by Gasteiger charge is 2.25. The van der Waals surface area contributed by atoms with Crippen LogP contribution in [0.1, 0.15) is 4.88 Å². The molecule has 0 bridgehead atoms. The summed E-state index contributed by atoms with van der Waals surface area (Å²) in [5, 5.41) is 0. The SMILES string of the molecule is C=CCN(CC=C)S(=O)(=O)c1cc(Br)sc1C. The number of hydrogen-bond acceptors (Lipinski definition) is 3. The molecule has 0 unspecified atom stereocenters. The van der Waals surface area contributed by atoms with Crippen LogP contribution in [-0.2, 0) is 10.0 Å². The Labute approximate surface area is 115 Å². The lowest BCUT2D eigenvalue weighted by Gasteiger charge is -2.18. The molecule has 1 rings (SSSR count). The van der Waals surface area contributed by atoms with Crippen LogP contribution in [0.4, 0.5) is 0 Å². The highest BCUT2D eigenvalue weighted by Crippen LogP contribution is 2.31. The fourth-order valence-corrected chi connectivity index (χ4v) is 5.15. The molecule has 0 aromatic carbocycles. The molecule has 1 heterocycles.